The lowest BCUT2D eigenvalue weighted by molar-refractivity contribution is -0.464. The molecule has 0 rings (SSSR count). The second-order valence-corrected chi connectivity index (χ2v) is 14.6. The van der Waals surface area contributed by atoms with Crippen molar-refractivity contribution in [3.8, 4) is 0 Å². The molecule has 0 aliphatic heterocycles. The van der Waals surface area contributed by atoms with Gasteiger partial charge in [-0.15, -0.1) is 0 Å². The van der Waals surface area contributed by atoms with Gasteiger partial charge in [-0.1, -0.05) is 175 Å². The summed E-state index contributed by atoms with van der Waals surface area (Å²) < 4.78 is 15.4. The van der Waals surface area contributed by atoms with Gasteiger partial charge in [-0.05, 0) is 19.3 Å². The standard InChI is InChI=1S/C41H78O11/c1-4-7-10-13-16-19-22-25-28-31-36(44)50-40(48,39(47)35(43)34-42)41(49,51-37(45)32-29-26-23-20-17-14-11-8-5-2)52-38(46)33-30-27-24-21-18-15-12-9-6-3/h35,39,42-43,47-49H,4-34H2,1-3H3/t35-,39-,40+/m1/s1. The van der Waals surface area contributed by atoms with Crippen molar-refractivity contribution >= 4 is 17.9 Å². The molecule has 0 saturated carbocycles. The van der Waals surface area contributed by atoms with Crippen LogP contribution < -0.4 is 0 Å². The van der Waals surface area contributed by atoms with Crippen LogP contribution in [0.3, 0.4) is 0 Å². The zero-order valence-electron chi connectivity index (χ0n) is 33.3. The molecule has 0 bridgehead atoms. The van der Waals surface area contributed by atoms with Gasteiger partial charge in [0.1, 0.15) is 6.10 Å². The molecule has 0 aromatic carbocycles. The second kappa shape index (κ2) is 32.6. The number of rotatable bonds is 37. The molecule has 0 aromatic rings. The minimum atomic E-state index is -3.70. The normalized spacial score (nSPS) is 14.1. The molecule has 3 atom stereocenters. The predicted octanol–water partition coefficient (Wildman–Crippen LogP) is 8.43. The molecule has 308 valence electrons. The largest absolute Gasteiger partial charge is 0.446 e. The van der Waals surface area contributed by atoms with Crippen LogP contribution in [-0.2, 0) is 28.6 Å². The zero-order valence-corrected chi connectivity index (χ0v) is 33.3. The van der Waals surface area contributed by atoms with E-state index in [0.717, 1.165) is 77.0 Å². The monoisotopic (exact) mass is 747 g/mol. The maximum Gasteiger partial charge on any atom is 0.446 e. The summed E-state index contributed by atoms with van der Waals surface area (Å²) in [5.41, 5.74) is 0. The van der Waals surface area contributed by atoms with Gasteiger partial charge in [-0.3, -0.25) is 14.4 Å². The molecule has 0 aromatic heterocycles. The van der Waals surface area contributed by atoms with E-state index in [1.165, 1.54) is 57.8 Å². The topological polar surface area (TPSA) is 180 Å². The van der Waals surface area contributed by atoms with Crippen molar-refractivity contribution in [2.45, 2.75) is 237 Å². The van der Waals surface area contributed by atoms with Crippen molar-refractivity contribution in [3.05, 3.63) is 0 Å². The summed E-state index contributed by atoms with van der Waals surface area (Å²) in [6.07, 6.45) is 21.0. The van der Waals surface area contributed by atoms with Gasteiger partial charge in [0.05, 0.1) is 6.61 Å². The number of aliphatic hydroxyl groups is 5. The van der Waals surface area contributed by atoms with Gasteiger partial charge in [-0.2, -0.15) is 0 Å². The van der Waals surface area contributed by atoms with Gasteiger partial charge in [0.25, 0.3) is 0 Å². The molecule has 0 heterocycles. The van der Waals surface area contributed by atoms with Crippen molar-refractivity contribution in [2.75, 3.05) is 6.61 Å². The average molecular weight is 747 g/mol. The van der Waals surface area contributed by atoms with Crippen LogP contribution in [-0.4, -0.2) is 74.0 Å². The molecule has 0 unspecified atom stereocenters. The zero-order chi connectivity index (χ0) is 38.9. The minimum Gasteiger partial charge on any atom is -0.419 e. The molecular weight excluding hydrogens is 668 g/mol. The Morgan fingerprint density at radius 1 is 0.442 bits per heavy atom. The van der Waals surface area contributed by atoms with Crippen LogP contribution in [0.1, 0.15) is 213 Å². The first kappa shape index (κ1) is 50.2. The van der Waals surface area contributed by atoms with Crippen molar-refractivity contribution in [1.29, 1.82) is 0 Å². The quantitative estimate of drug-likeness (QED) is 0.0234. The smallest absolute Gasteiger partial charge is 0.419 e. The van der Waals surface area contributed by atoms with E-state index in [9.17, 15) is 39.9 Å². The number of carbonyl (C=O) groups excluding carboxylic acids is 3. The van der Waals surface area contributed by atoms with E-state index in [0.29, 0.717) is 38.5 Å². The van der Waals surface area contributed by atoms with E-state index >= 15 is 0 Å². The number of hydrogen-bond donors (Lipinski definition) is 5. The van der Waals surface area contributed by atoms with Gasteiger partial charge >= 0.3 is 29.7 Å². The molecule has 11 heteroatoms. The Bertz CT molecular complexity index is 847. The van der Waals surface area contributed by atoms with Crippen LogP contribution in [0.25, 0.3) is 0 Å². The summed E-state index contributed by atoms with van der Waals surface area (Å²) in [7, 11) is 0. The van der Waals surface area contributed by atoms with Crippen molar-refractivity contribution in [1.82, 2.24) is 0 Å². The Morgan fingerprint density at radius 2 is 0.692 bits per heavy atom. The third-order valence-corrected chi connectivity index (χ3v) is 9.63. The highest BCUT2D eigenvalue weighted by Gasteiger charge is 2.66. The number of esters is 3. The molecule has 0 spiro atoms. The van der Waals surface area contributed by atoms with E-state index in [1.54, 1.807) is 0 Å². The molecule has 0 amide bonds. The summed E-state index contributed by atoms with van der Waals surface area (Å²) in [5, 5.41) is 53.9. The first-order chi connectivity index (χ1) is 25.0. The number of carbonyl (C=O) groups is 3. The number of ether oxygens (including phenoxy) is 3. The Hall–Kier alpha value is -1.79. The highest BCUT2D eigenvalue weighted by atomic mass is 16.9. The molecule has 0 fully saturated rings. The fourth-order valence-electron chi connectivity index (χ4n) is 6.21. The number of aliphatic hydroxyl groups excluding tert-OH is 3. The van der Waals surface area contributed by atoms with Gasteiger partial charge in [0.15, 0.2) is 6.10 Å². The Morgan fingerprint density at radius 3 is 0.962 bits per heavy atom. The SMILES string of the molecule is CCCCCCCCCCCC(=O)OC(O)(OC(=O)CCCCCCCCCCC)[C@@](O)(OC(=O)CCCCCCCCCCC)[C@H](O)[C@H](O)CO. The Labute approximate surface area is 315 Å². The van der Waals surface area contributed by atoms with E-state index < -0.39 is 48.5 Å². The first-order valence-corrected chi connectivity index (χ1v) is 21.1. The van der Waals surface area contributed by atoms with Gasteiger partial charge < -0.3 is 39.7 Å². The summed E-state index contributed by atoms with van der Waals surface area (Å²) in [6.45, 7) is 5.38. The van der Waals surface area contributed by atoms with Crippen LogP contribution in [0.15, 0.2) is 0 Å². The van der Waals surface area contributed by atoms with Crippen LogP contribution in [0, 0.1) is 0 Å². The lowest BCUT2D eigenvalue weighted by atomic mass is 10.0. The molecule has 0 radical (unpaired) electrons. The highest BCUT2D eigenvalue weighted by molar-refractivity contribution is 5.73. The fourth-order valence-corrected chi connectivity index (χ4v) is 6.21. The van der Waals surface area contributed by atoms with Gasteiger partial charge in [0.2, 0.25) is 0 Å². The van der Waals surface area contributed by atoms with Crippen molar-refractivity contribution in [3.63, 3.8) is 0 Å². The van der Waals surface area contributed by atoms with E-state index in [1.807, 2.05) is 0 Å². The molecule has 11 nitrogen and oxygen atoms in total. The Balaban J connectivity index is 5.58. The Kier molecular flexibility index (Phi) is 31.5. The molecule has 0 aliphatic carbocycles. The molecular formula is C41H78O11. The molecule has 0 saturated heterocycles. The lowest BCUT2D eigenvalue weighted by Crippen LogP contribution is -2.69. The summed E-state index contributed by atoms with van der Waals surface area (Å²) >= 11 is 0. The molecule has 0 aliphatic rings. The summed E-state index contributed by atoms with van der Waals surface area (Å²) in [4.78, 5) is 39.0. The lowest BCUT2D eigenvalue weighted by Gasteiger charge is -2.42. The highest BCUT2D eigenvalue weighted by Crippen LogP contribution is 2.34. The van der Waals surface area contributed by atoms with Crippen LogP contribution in [0.4, 0.5) is 0 Å². The second-order valence-electron chi connectivity index (χ2n) is 14.6. The average Bonchev–Trinajstić information content (AvgIpc) is 3.11. The summed E-state index contributed by atoms with van der Waals surface area (Å²) in [5.74, 6) is -10.6. The van der Waals surface area contributed by atoms with Crippen molar-refractivity contribution < 1.29 is 54.1 Å². The first-order valence-electron chi connectivity index (χ1n) is 21.1. The third-order valence-electron chi connectivity index (χ3n) is 9.63. The molecule has 5 N–H and O–H groups in total. The number of hydrogen-bond acceptors (Lipinski definition) is 11. The minimum absolute atomic E-state index is 0.213. The summed E-state index contributed by atoms with van der Waals surface area (Å²) in [6, 6.07) is 0. The third kappa shape index (κ3) is 23.8. The van der Waals surface area contributed by atoms with E-state index in [-0.39, 0.29) is 19.3 Å². The number of unbranched alkanes of at least 4 members (excludes halogenated alkanes) is 24. The molecule has 52 heavy (non-hydrogen) atoms. The van der Waals surface area contributed by atoms with E-state index in [4.69, 9.17) is 14.2 Å². The maximum absolute atomic E-state index is 13.0. The fraction of sp³-hybridized carbons (Fsp3) is 0.927. The predicted molar refractivity (Wildman–Crippen MR) is 203 cm³/mol. The van der Waals surface area contributed by atoms with Gasteiger partial charge in [0, 0.05) is 19.3 Å². The van der Waals surface area contributed by atoms with Crippen LogP contribution in [0.5, 0.6) is 0 Å². The van der Waals surface area contributed by atoms with E-state index in [2.05, 4.69) is 20.8 Å². The van der Waals surface area contributed by atoms with Gasteiger partial charge in [-0.25, -0.2) is 0 Å². The van der Waals surface area contributed by atoms with Crippen molar-refractivity contribution in [2.24, 2.45) is 0 Å². The van der Waals surface area contributed by atoms with Crippen LogP contribution in [0.2, 0.25) is 0 Å². The maximum atomic E-state index is 13.0. The van der Waals surface area contributed by atoms with Crippen LogP contribution >= 0.6 is 0 Å².